The summed E-state index contributed by atoms with van der Waals surface area (Å²) in [5.41, 5.74) is 1.30. The molecule has 9 heteroatoms. The van der Waals surface area contributed by atoms with Gasteiger partial charge in [0.2, 0.25) is 11.8 Å². The Morgan fingerprint density at radius 1 is 0.878 bits per heavy atom. The third-order valence-corrected chi connectivity index (χ3v) is 7.09. The van der Waals surface area contributed by atoms with Crippen LogP contribution in [-0.2, 0) is 9.59 Å². The molecule has 1 aliphatic rings. The smallest absolute Gasteiger partial charge is 0.240 e. The molecular formula is C32H26FN3O5. The Bertz CT molecular complexity index is 1760. The van der Waals surface area contributed by atoms with Gasteiger partial charge in [0.25, 0.3) is 0 Å². The molecule has 2 aromatic heterocycles. The van der Waals surface area contributed by atoms with Crippen LogP contribution in [-0.4, -0.2) is 23.9 Å². The number of ether oxygens (including phenoxy) is 2. The summed E-state index contributed by atoms with van der Waals surface area (Å²) in [4.78, 5) is 30.3. The van der Waals surface area contributed by atoms with Crippen LogP contribution in [0.4, 0.5) is 15.8 Å². The summed E-state index contributed by atoms with van der Waals surface area (Å²) in [7, 11) is 1.60. The second-order valence-electron chi connectivity index (χ2n) is 9.91. The van der Waals surface area contributed by atoms with Crippen LogP contribution in [0.1, 0.15) is 18.6 Å². The largest absolute Gasteiger partial charge is 0.496 e. The van der Waals surface area contributed by atoms with Crippen LogP contribution in [0.5, 0.6) is 17.2 Å². The van der Waals surface area contributed by atoms with Crippen molar-refractivity contribution >= 4 is 34.1 Å². The first-order chi connectivity index (χ1) is 19.8. The van der Waals surface area contributed by atoms with E-state index in [4.69, 9.17) is 13.9 Å². The van der Waals surface area contributed by atoms with Gasteiger partial charge < -0.3 is 24.5 Å². The highest BCUT2D eigenvalue weighted by Gasteiger charge is 2.56. The molecule has 1 saturated carbocycles. The van der Waals surface area contributed by atoms with E-state index in [2.05, 4.69) is 15.6 Å². The van der Waals surface area contributed by atoms with Crippen LogP contribution in [0.3, 0.4) is 0 Å². The van der Waals surface area contributed by atoms with E-state index in [-0.39, 0.29) is 5.91 Å². The Balaban J connectivity index is 1.17. The molecule has 2 N–H and O–H groups in total. The number of furan rings is 1. The predicted octanol–water partition coefficient (Wildman–Crippen LogP) is 7.10. The van der Waals surface area contributed by atoms with E-state index < -0.39 is 17.1 Å². The number of hydrogen-bond donors (Lipinski definition) is 2. The molecule has 0 saturated heterocycles. The van der Waals surface area contributed by atoms with Crippen molar-refractivity contribution in [3.05, 3.63) is 96.6 Å². The van der Waals surface area contributed by atoms with Crippen molar-refractivity contribution in [1.82, 2.24) is 4.98 Å². The quantitative estimate of drug-likeness (QED) is 0.199. The van der Waals surface area contributed by atoms with Gasteiger partial charge in [0.05, 0.1) is 18.2 Å². The lowest BCUT2D eigenvalue weighted by atomic mass is 10.0. The van der Waals surface area contributed by atoms with E-state index in [0.717, 1.165) is 16.7 Å². The van der Waals surface area contributed by atoms with Crippen molar-refractivity contribution < 1.29 is 27.9 Å². The highest BCUT2D eigenvalue weighted by Crippen LogP contribution is 2.47. The van der Waals surface area contributed by atoms with Crippen molar-refractivity contribution in [2.45, 2.75) is 19.8 Å². The molecule has 3 aromatic carbocycles. The molecule has 0 aliphatic heterocycles. The minimum Gasteiger partial charge on any atom is -0.496 e. The van der Waals surface area contributed by atoms with Crippen molar-refractivity contribution in [1.29, 1.82) is 0 Å². The number of carbonyl (C=O) groups excluding carboxylic acids is 2. The van der Waals surface area contributed by atoms with Gasteiger partial charge in [-0.1, -0.05) is 0 Å². The lowest BCUT2D eigenvalue weighted by Crippen LogP contribution is -2.35. The van der Waals surface area contributed by atoms with Crippen LogP contribution >= 0.6 is 0 Å². The molecule has 6 rings (SSSR count). The van der Waals surface area contributed by atoms with E-state index in [1.807, 2.05) is 31.2 Å². The number of anilines is 2. The van der Waals surface area contributed by atoms with E-state index >= 15 is 0 Å². The molecular weight excluding hydrogens is 525 g/mol. The van der Waals surface area contributed by atoms with Gasteiger partial charge in [0.1, 0.15) is 40.0 Å². The first kappa shape index (κ1) is 26.1. The van der Waals surface area contributed by atoms with Gasteiger partial charge in [0, 0.05) is 29.0 Å². The van der Waals surface area contributed by atoms with Gasteiger partial charge in [-0.3, -0.25) is 14.6 Å². The fraction of sp³-hybridized carbons (Fsp3) is 0.156. The Morgan fingerprint density at radius 2 is 1.54 bits per heavy atom. The fourth-order valence-electron chi connectivity index (χ4n) is 4.63. The SMILES string of the molecule is COc1cc2nccc(Oc3ccc(NC(=O)C4(C(=O)Nc5ccc(F)cc5)CC4)cc3)c2cc1-c1ccc(C)o1. The van der Waals surface area contributed by atoms with Crippen LogP contribution in [0, 0.1) is 18.2 Å². The minimum absolute atomic E-state index is 0.388. The van der Waals surface area contributed by atoms with Crippen LogP contribution in [0.25, 0.3) is 22.2 Å². The number of rotatable bonds is 8. The maximum atomic E-state index is 13.2. The zero-order valence-corrected chi connectivity index (χ0v) is 22.4. The summed E-state index contributed by atoms with van der Waals surface area (Å²) in [6.45, 7) is 1.88. The minimum atomic E-state index is -1.15. The van der Waals surface area contributed by atoms with Gasteiger partial charge in [-0.15, -0.1) is 0 Å². The van der Waals surface area contributed by atoms with Crippen molar-refractivity contribution in [3.8, 4) is 28.6 Å². The molecule has 206 valence electrons. The zero-order valence-electron chi connectivity index (χ0n) is 22.4. The van der Waals surface area contributed by atoms with Crippen LogP contribution in [0.15, 0.2) is 89.5 Å². The van der Waals surface area contributed by atoms with Gasteiger partial charge in [-0.2, -0.15) is 0 Å². The number of carbonyl (C=O) groups is 2. The van der Waals surface area contributed by atoms with Gasteiger partial charge in [0.15, 0.2) is 0 Å². The second-order valence-corrected chi connectivity index (χ2v) is 9.91. The van der Waals surface area contributed by atoms with Crippen LogP contribution in [0.2, 0.25) is 0 Å². The maximum Gasteiger partial charge on any atom is 0.240 e. The molecule has 0 spiro atoms. The van der Waals surface area contributed by atoms with E-state index in [0.29, 0.717) is 52.7 Å². The summed E-state index contributed by atoms with van der Waals surface area (Å²) in [6.07, 6.45) is 2.54. The number of benzene rings is 3. The molecule has 2 heterocycles. The number of nitrogens with zero attached hydrogens (tertiary/aromatic N) is 1. The van der Waals surface area contributed by atoms with Gasteiger partial charge in [-0.25, -0.2) is 4.39 Å². The van der Waals surface area contributed by atoms with Gasteiger partial charge in [-0.05, 0) is 92.6 Å². The monoisotopic (exact) mass is 551 g/mol. The lowest BCUT2D eigenvalue weighted by molar-refractivity contribution is -0.131. The maximum absolute atomic E-state index is 13.2. The molecule has 0 radical (unpaired) electrons. The topological polar surface area (TPSA) is 103 Å². The van der Waals surface area contributed by atoms with E-state index in [9.17, 15) is 14.0 Å². The van der Waals surface area contributed by atoms with E-state index in [1.165, 1.54) is 24.3 Å². The molecule has 1 aliphatic carbocycles. The molecule has 41 heavy (non-hydrogen) atoms. The Kier molecular flexibility index (Phi) is 6.62. The van der Waals surface area contributed by atoms with Crippen molar-refractivity contribution in [2.75, 3.05) is 17.7 Å². The number of pyridine rings is 1. The molecule has 0 bridgehead atoms. The molecule has 0 unspecified atom stereocenters. The summed E-state index contributed by atoms with van der Waals surface area (Å²) in [5, 5.41) is 6.31. The lowest BCUT2D eigenvalue weighted by Gasteiger charge is -2.16. The zero-order chi connectivity index (χ0) is 28.6. The molecule has 2 amide bonds. The second kappa shape index (κ2) is 10.4. The van der Waals surface area contributed by atoms with Crippen molar-refractivity contribution in [2.24, 2.45) is 5.41 Å². The third-order valence-electron chi connectivity index (χ3n) is 7.09. The average Bonchev–Trinajstić information content (AvgIpc) is 3.69. The fourth-order valence-corrected chi connectivity index (χ4v) is 4.63. The standard InChI is InChI=1S/C32H26FN3O5/c1-19-3-12-27(40-19)25-17-24-26(18-29(25)39-2)34-16-13-28(24)41-23-10-8-22(9-11-23)36-31(38)32(14-15-32)30(37)35-21-6-4-20(33)5-7-21/h3-13,16-18H,14-15H2,1-2H3,(H,35,37)(H,36,38). The molecule has 5 aromatic rings. The number of halogens is 1. The number of aryl methyl sites for hydroxylation is 1. The number of aromatic nitrogens is 1. The first-order valence-electron chi connectivity index (χ1n) is 13.0. The summed E-state index contributed by atoms with van der Waals surface area (Å²) in [6, 6.07) is 21.6. The molecule has 0 atom stereocenters. The number of nitrogens with one attached hydrogen (secondary N) is 2. The van der Waals surface area contributed by atoms with Crippen molar-refractivity contribution in [3.63, 3.8) is 0 Å². The van der Waals surface area contributed by atoms with E-state index in [1.54, 1.807) is 43.6 Å². The van der Waals surface area contributed by atoms with Crippen LogP contribution < -0.4 is 20.1 Å². The Morgan fingerprint density at radius 3 is 2.12 bits per heavy atom. The summed E-state index contributed by atoms with van der Waals surface area (Å²) in [5.74, 6) is 2.04. The highest BCUT2D eigenvalue weighted by atomic mass is 19.1. The summed E-state index contributed by atoms with van der Waals surface area (Å²) < 4.78 is 30.8. The number of fused-ring (bicyclic) bond motifs is 1. The van der Waals surface area contributed by atoms with Gasteiger partial charge >= 0.3 is 0 Å². The number of methoxy groups -OCH3 is 1. The Hall–Kier alpha value is -5.18. The molecule has 1 fully saturated rings. The number of amides is 2. The normalized spacial score (nSPS) is 13.4. The summed E-state index contributed by atoms with van der Waals surface area (Å²) >= 11 is 0. The highest BCUT2D eigenvalue weighted by molar-refractivity contribution is 6.16. The molecule has 8 nitrogen and oxygen atoms in total. The predicted molar refractivity (Wildman–Crippen MR) is 153 cm³/mol. The first-order valence-corrected chi connectivity index (χ1v) is 13.0. The number of hydrogen-bond acceptors (Lipinski definition) is 6. The third kappa shape index (κ3) is 5.21. The Labute approximate surface area is 235 Å². The average molecular weight is 552 g/mol.